The van der Waals surface area contributed by atoms with Crippen LogP contribution >= 0.6 is 54.5 Å². The molecule has 2 aliphatic rings. The number of pyridine rings is 1. The van der Waals surface area contributed by atoms with Crippen molar-refractivity contribution in [3.8, 4) is 22.5 Å². The summed E-state index contributed by atoms with van der Waals surface area (Å²) >= 11 is 9.72. The number of likely N-dealkylation sites (tertiary alicyclic amines) is 2. The number of sulfone groups is 2. The summed E-state index contributed by atoms with van der Waals surface area (Å²) in [4.78, 5) is 45.2. The van der Waals surface area contributed by atoms with E-state index in [0.29, 0.717) is 98.7 Å². The molecule has 0 radical (unpaired) electrons. The zero-order chi connectivity index (χ0) is 57.0. The molecule has 26 heteroatoms. The first-order valence-corrected chi connectivity index (χ1v) is 30.4. The number of amides is 2. The number of rotatable bonds is 8. The Labute approximate surface area is 468 Å². The molecule has 0 N–H and O–H groups in total. The van der Waals surface area contributed by atoms with E-state index in [-0.39, 0.29) is 30.4 Å². The maximum Gasteiger partial charge on any atom is 0.501 e. The number of imidazole rings is 1. The number of fused-ring (bicyclic) bond motifs is 1. The van der Waals surface area contributed by atoms with E-state index in [4.69, 9.17) is 14.7 Å². The molecular weight excluding hydrogens is 1220 g/mol. The number of carbonyl (C=O) groups is 2. The summed E-state index contributed by atoms with van der Waals surface area (Å²) in [6.45, 7) is 18.5. The van der Waals surface area contributed by atoms with E-state index in [1.165, 1.54) is 22.7 Å². The molecule has 2 amide bonds. The van der Waals surface area contributed by atoms with E-state index < -0.39 is 56.9 Å². The Bertz CT molecular complexity index is 3400. The van der Waals surface area contributed by atoms with Crippen molar-refractivity contribution >= 4 is 97.4 Å². The van der Waals surface area contributed by atoms with Crippen LogP contribution in [0, 0.1) is 0 Å². The molecular formula is C51H57Br2F6N7O7S4. The Balaban J connectivity index is 0.000000226. The monoisotopic (exact) mass is 1280 g/mol. The number of benzene rings is 2. The third-order valence-corrected chi connectivity index (χ3v) is 19.6. The van der Waals surface area contributed by atoms with Gasteiger partial charge in [0.05, 0.1) is 45.1 Å². The van der Waals surface area contributed by atoms with Gasteiger partial charge in [-0.05, 0) is 149 Å². The van der Waals surface area contributed by atoms with Crippen LogP contribution in [0.15, 0.2) is 78.4 Å². The fourth-order valence-electron chi connectivity index (χ4n) is 8.52. The van der Waals surface area contributed by atoms with Gasteiger partial charge in [-0.1, -0.05) is 41.5 Å². The number of piperidine rings is 2. The van der Waals surface area contributed by atoms with Gasteiger partial charge < -0.3 is 19.1 Å². The van der Waals surface area contributed by atoms with Gasteiger partial charge in [-0.15, -0.1) is 22.7 Å². The average Bonchev–Trinajstić information content (AvgIpc) is 4.06. The molecule has 2 aliphatic heterocycles. The van der Waals surface area contributed by atoms with Gasteiger partial charge in [-0.3, -0.25) is 4.79 Å². The fourth-order valence-corrected chi connectivity index (χ4v) is 13.8. The van der Waals surface area contributed by atoms with Crippen LogP contribution < -0.4 is 0 Å². The van der Waals surface area contributed by atoms with Gasteiger partial charge in [0.1, 0.15) is 17.7 Å². The van der Waals surface area contributed by atoms with Gasteiger partial charge in [0, 0.05) is 55.3 Å². The number of thiazole rings is 2. The number of carbonyl (C=O) groups excluding carboxylic acids is 2. The van der Waals surface area contributed by atoms with Gasteiger partial charge in [0.25, 0.3) is 19.7 Å². The summed E-state index contributed by atoms with van der Waals surface area (Å²) in [5.41, 5.74) is -8.94. The summed E-state index contributed by atoms with van der Waals surface area (Å²) in [5, 5.41) is 1.56. The maximum atomic E-state index is 13.4. The highest BCUT2D eigenvalue weighted by atomic mass is 79.9. The zero-order valence-corrected chi connectivity index (χ0v) is 49.9. The van der Waals surface area contributed by atoms with Gasteiger partial charge in [-0.2, -0.15) is 26.3 Å². The van der Waals surface area contributed by atoms with Crippen molar-refractivity contribution in [3.63, 3.8) is 0 Å². The molecule has 0 bridgehead atoms. The lowest BCUT2D eigenvalue weighted by Gasteiger charge is -2.32. The number of alkyl halides is 6. The summed E-state index contributed by atoms with van der Waals surface area (Å²) in [6, 6.07) is 11.2. The molecule has 2 fully saturated rings. The fraction of sp³-hybridized carbons (Fsp3) is 0.490. The van der Waals surface area contributed by atoms with Crippen LogP contribution in [0.25, 0.3) is 33.7 Å². The van der Waals surface area contributed by atoms with Crippen molar-refractivity contribution in [2.45, 2.75) is 144 Å². The second-order valence-electron chi connectivity index (χ2n) is 21.9. The Morgan fingerprint density at radius 3 is 1.48 bits per heavy atom. The molecule has 2 saturated heterocycles. The molecule has 418 valence electrons. The number of nitrogens with zero attached hydrogens (tertiary/aromatic N) is 7. The Morgan fingerprint density at radius 2 is 1.08 bits per heavy atom. The second kappa shape index (κ2) is 22.2. The van der Waals surface area contributed by atoms with Crippen LogP contribution in [0.4, 0.5) is 31.1 Å². The highest BCUT2D eigenvalue weighted by molar-refractivity contribution is 9.11. The number of aromatic nitrogens is 5. The van der Waals surface area contributed by atoms with Crippen molar-refractivity contribution in [3.05, 3.63) is 89.8 Å². The highest BCUT2D eigenvalue weighted by Crippen LogP contribution is 2.44. The topological polar surface area (TPSA) is 175 Å². The summed E-state index contributed by atoms with van der Waals surface area (Å²) in [6.07, 6.45) is 5.57. The molecule has 6 aromatic rings. The van der Waals surface area contributed by atoms with E-state index >= 15 is 0 Å². The van der Waals surface area contributed by atoms with Gasteiger partial charge in [-0.25, -0.2) is 41.6 Å². The minimum absolute atomic E-state index is 0.0354. The zero-order valence-electron chi connectivity index (χ0n) is 43.4. The van der Waals surface area contributed by atoms with Crippen LogP contribution in [0.5, 0.6) is 0 Å². The molecule has 4 aromatic heterocycles. The van der Waals surface area contributed by atoms with Crippen molar-refractivity contribution in [1.82, 2.24) is 34.3 Å². The van der Waals surface area contributed by atoms with Crippen LogP contribution in [0.1, 0.15) is 121 Å². The molecule has 77 heavy (non-hydrogen) atoms. The minimum atomic E-state index is -5.55. The molecule has 8 rings (SSSR count). The molecule has 2 aromatic carbocycles. The number of hydrogen-bond acceptors (Lipinski definition) is 13. The van der Waals surface area contributed by atoms with Gasteiger partial charge in [0.15, 0.2) is 5.65 Å². The third-order valence-electron chi connectivity index (χ3n) is 12.9. The van der Waals surface area contributed by atoms with Crippen LogP contribution in [-0.4, -0.2) is 106 Å². The third kappa shape index (κ3) is 13.7. The van der Waals surface area contributed by atoms with E-state index in [0.717, 1.165) is 39.8 Å². The first-order valence-electron chi connectivity index (χ1n) is 24.2. The average molecular weight is 1280 g/mol. The summed E-state index contributed by atoms with van der Waals surface area (Å²) in [5.74, 6) is 0.0729. The SMILES string of the molecule is CC(C)(C)OC(=O)N1CCC(c2nc(-c3cc(C(C)(C)C)cc(S(=O)(=O)C(F)(F)F)c3)c(Br)s2)CC1.CC(C)(C)c1cc(-c2nc(C3CCN(C(=O)Cn4cnc5cccnc54)CC3)sc2Br)cc(S(=O)(=O)C(F)(F)F)c1. The van der Waals surface area contributed by atoms with Crippen molar-refractivity contribution < 1.29 is 57.5 Å². The normalized spacial score (nSPS) is 15.9. The lowest BCUT2D eigenvalue weighted by Crippen LogP contribution is -2.41. The van der Waals surface area contributed by atoms with E-state index in [9.17, 15) is 52.8 Å². The summed E-state index contributed by atoms with van der Waals surface area (Å²) < 4.78 is 138. The molecule has 14 nitrogen and oxygen atoms in total. The largest absolute Gasteiger partial charge is 0.501 e. The van der Waals surface area contributed by atoms with Crippen molar-refractivity contribution in [2.75, 3.05) is 26.2 Å². The van der Waals surface area contributed by atoms with Crippen LogP contribution in [0.2, 0.25) is 0 Å². The maximum absolute atomic E-state index is 13.4. The van der Waals surface area contributed by atoms with Crippen molar-refractivity contribution in [2.24, 2.45) is 0 Å². The quantitative estimate of drug-likeness (QED) is 0.133. The lowest BCUT2D eigenvalue weighted by atomic mass is 9.86. The summed E-state index contributed by atoms with van der Waals surface area (Å²) in [7, 11) is -11.1. The van der Waals surface area contributed by atoms with E-state index in [2.05, 4.69) is 41.8 Å². The van der Waals surface area contributed by atoms with E-state index in [1.54, 1.807) is 86.6 Å². The predicted molar refractivity (Wildman–Crippen MR) is 290 cm³/mol. The molecule has 6 heterocycles. The number of halogens is 8. The smallest absolute Gasteiger partial charge is 0.444 e. The van der Waals surface area contributed by atoms with E-state index in [1.807, 2.05) is 26.8 Å². The number of hydrogen-bond donors (Lipinski definition) is 0. The Kier molecular flexibility index (Phi) is 17.3. The molecule has 0 spiro atoms. The molecule has 0 saturated carbocycles. The van der Waals surface area contributed by atoms with Gasteiger partial charge in [0.2, 0.25) is 5.91 Å². The molecule has 0 aliphatic carbocycles. The van der Waals surface area contributed by atoms with Gasteiger partial charge >= 0.3 is 17.1 Å². The standard InChI is InChI=1S/C27H27BrF3N5O3S2.C24H30BrF3N2O4S2/c1-26(2,3)18-11-17(12-19(13-18)41(38,39)27(29,30)31)22-23(28)40-25(34-22)16-6-9-35(10-7-16)21(37)14-36-15-33-20-5-4-8-32-24(20)36;1-22(2,3)16-11-15(12-17(13-16)36(32,33)24(26,27)28)18-19(25)35-20(29-18)14-7-9-30(10-8-14)21(31)34-23(4,5)6/h4-5,8,11-13,15-16H,6-7,9-10,14H2,1-3H3;11-14H,7-10H2,1-6H3. The first kappa shape index (κ1) is 60.1. The Hall–Kier alpha value is -4.50. The second-order valence-corrected chi connectivity index (χ2v) is 30.4. The Morgan fingerprint density at radius 1 is 0.649 bits per heavy atom. The first-order chi connectivity index (χ1) is 35.4. The molecule has 0 atom stereocenters. The highest BCUT2D eigenvalue weighted by Gasteiger charge is 2.48. The number of ether oxygens (including phenoxy) is 1. The lowest BCUT2D eigenvalue weighted by molar-refractivity contribution is -0.132. The molecule has 0 unspecified atom stereocenters. The van der Waals surface area contributed by atoms with Crippen LogP contribution in [-0.2, 0) is 46.6 Å². The minimum Gasteiger partial charge on any atom is -0.444 e. The predicted octanol–water partition coefficient (Wildman–Crippen LogP) is 13.6. The van der Waals surface area contributed by atoms with Crippen LogP contribution in [0.3, 0.4) is 0 Å². The van der Waals surface area contributed by atoms with Crippen molar-refractivity contribution in [1.29, 1.82) is 0 Å².